The second kappa shape index (κ2) is 9.78. The van der Waals surface area contributed by atoms with E-state index in [9.17, 15) is 14.4 Å². The first kappa shape index (κ1) is 20.5. The van der Waals surface area contributed by atoms with Crippen LogP contribution in [0.15, 0.2) is 48.5 Å². The molecule has 0 aliphatic rings. The van der Waals surface area contributed by atoms with E-state index in [0.717, 1.165) is 5.56 Å². The molecule has 7 nitrogen and oxygen atoms in total. The summed E-state index contributed by atoms with van der Waals surface area (Å²) < 4.78 is 5.15. The molecule has 0 heterocycles. The van der Waals surface area contributed by atoms with Crippen LogP contribution < -0.4 is 15.8 Å². The number of hydrogen-bond donors (Lipinski definition) is 3. The van der Waals surface area contributed by atoms with Crippen molar-refractivity contribution in [3.8, 4) is 17.6 Å². The normalized spacial score (nSPS) is 10.9. The SMILES string of the molecule is COc1cccc(C#Cc2ccc(C(=O)N[C@@H](CCC(=O)O)C(N)=O)cc2)c1. The van der Waals surface area contributed by atoms with Gasteiger partial charge in [0.05, 0.1) is 7.11 Å². The van der Waals surface area contributed by atoms with Crippen LogP contribution in [-0.2, 0) is 9.59 Å². The molecule has 0 bridgehead atoms. The molecule has 144 valence electrons. The first-order chi connectivity index (χ1) is 13.4. The summed E-state index contributed by atoms with van der Waals surface area (Å²) in [5, 5.41) is 11.2. The fourth-order valence-electron chi connectivity index (χ4n) is 2.35. The third kappa shape index (κ3) is 6.18. The lowest BCUT2D eigenvalue weighted by Gasteiger charge is -2.14. The van der Waals surface area contributed by atoms with Crippen molar-refractivity contribution < 1.29 is 24.2 Å². The van der Waals surface area contributed by atoms with E-state index in [0.29, 0.717) is 16.9 Å². The van der Waals surface area contributed by atoms with Crippen LogP contribution >= 0.6 is 0 Å². The van der Waals surface area contributed by atoms with E-state index in [4.69, 9.17) is 15.6 Å². The summed E-state index contributed by atoms with van der Waals surface area (Å²) in [6.07, 6.45) is -0.340. The Morgan fingerprint density at radius 2 is 1.79 bits per heavy atom. The number of aliphatic carboxylic acids is 1. The van der Waals surface area contributed by atoms with Crippen LogP contribution in [0.4, 0.5) is 0 Å². The molecule has 28 heavy (non-hydrogen) atoms. The van der Waals surface area contributed by atoms with Crippen LogP contribution in [0.1, 0.15) is 34.3 Å². The van der Waals surface area contributed by atoms with Gasteiger partial charge in [-0.1, -0.05) is 17.9 Å². The maximum absolute atomic E-state index is 12.2. The van der Waals surface area contributed by atoms with E-state index in [1.165, 1.54) is 0 Å². The van der Waals surface area contributed by atoms with Gasteiger partial charge in [-0.05, 0) is 48.9 Å². The summed E-state index contributed by atoms with van der Waals surface area (Å²) >= 11 is 0. The van der Waals surface area contributed by atoms with Gasteiger partial charge in [0.2, 0.25) is 5.91 Å². The van der Waals surface area contributed by atoms with Gasteiger partial charge in [0.1, 0.15) is 11.8 Å². The van der Waals surface area contributed by atoms with Crippen molar-refractivity contribution in [2.45, 2.75) is 18.9 Å². The predicted molar refractivity (Wildman–Crippen MR) is 103 cm³/mol. The highest BCUT2D eigenvalue weighted by atomic mass is 16.5. The maximum Gasteiger partial charge on any atom is 0.303 e. The Balaban J connectivity index is 2.05. The van der Waals surface area contributed by atoms with Gasteiger partial charge in [-0.3, -0.25) is 14.4 Å². The van der Waals surface area contributed by atoms with Crippen molar-refractivity contribution in [3.05, 3.63) is 65.2 Å². The molecule has 2 amide bonds. The highest BCUT2D eigenvalue weighted by Gasteiger charge is 2.19. The summed E-state index contributed by atoms with van der Waals surface area (Å²) in [5.74, 6) is 4.35. The van der Waals surface area contributed by atoms with Crippen LogP contribution in [-0.4, -0.2) is 36.0 Å². The fourth-order valence-corrected chi connectivity index (χ4v) is 2.35. The third-order valence-electron chi connectivity index (χ3n) is 3.86. The minimum atomic E-state index is -1.07. The number of nitrogens with two attached hydrogens (primary N) is 1. The number of carbonyl (C=O) groups excluding carboxylic acids is 2. The molecule has 0 aromatic heterocycles. The molecule has 2 aromatic rings. The second-order valence-electron chi connectivity index (χ2n) is 5.92. The van der Waals surface area contributed by atoms with Gasteiger partial charge < -0.3 is 20.9 Å². The van der Waals surface area contributed by atoms with Gasteiger partial charge in [0.25, 0.3) is 5.91 Å². The number of nitrogens with one attached hydrogen (secondary N) is 1. The molecule has 2 aromatic carbocycles. The molecule has 0 aliphatic carbocycles. The summed E-state index contributed by atoms with van der Waals surface area (Å²) in [6.45, 7) is 0. The molecule has 2 rings (SSSR count). The maximum atomic E-state index is 12.2. The van der Waals surface area contributed by atoms with Crippen molar-refractivity contribution in [2.75, 3.05) is 7.11 Å². The second-order valence-corrected chi connectivity index (χ2v) is 5.92. The minimum Gasteiger partial charge on any atom is -0.497 e. The average Bonchev–Trinajstić information content (AvgIpc) is 2.69. The third-order valence-corrected chi connectivity index (χ3v) is 3.86. The number of carboxylic acids is 1. The molecule has 0 aliphatic heterocycles. The van der Waals surface area contributed by atoms with Crippen molar-refractivity contribution in [3.63, 3.8) is 0 Å². The van der Waals surface area contributed by atoms with Crippen molar-refractivity contribution >= 4 is 17.8 Å². The van der Waals surface area contributed by atoms with Gasteiger partial charge in [0, 0.05) is 23.1 Å². The minimum absolute atomic E-state index is 0.0689. The lowest BCUT2D eigenvalue weighted by Crippen LogP contribution is -2.44. The number of carbonyl (C=O) groups is 3. The Bertz CT molecular complexity index is 926. The van der Waals surface area contributed by atoms with E-state index in [2.05, 4.69) is 17.2 Å². The smallest absolute Gasteiger partial charge is 0.303 e. The summed E-state index contributed by atoms with van der Waals surface area (Å²) in [6, 6.07) is 12.8. The first-order valence-electron chi connectivity index (χ1n) is 8.47. The van der Waals surface area contributed by atoms with Crippen LogP contribution in [0.3, 0.4) is 0 Å². The largest absolute Gasteiger partial charge is 0.497 e. The fraction of sp³-hybridized carbons (Fsp3) is 0.190. The Morgan fingerprint density at radius 1 is 1.11 bits per heavy atom. The van der Waals surface area contributed by atoms with Gasteiger partial charge in [-0.15, -0.1) is 0 Å². The highest BCUT2D eigenvalue weighted by Crippen LogP contribution is 2.12. The molecule has 0 spiro atoms. The molecular weight excluding hydrogens is 360 g/mol. The molecule has 0 saturated heterocycles. The Morgan fingerprint density at radius 3 is 2.39 bits per heavy atom. The number of ether oxygens (including phenoxy) is 1. The van der Waals surface area contributed by atoms with Gasteiger partial charge in [0.15, 0.2) is 0 Å². The summed E-state index contributed by atoms with van der Waals surface area (Å²) in [5.41, 5.74) is 7.03. The van der Waals surface area contributed by atoms with E-state index in [1.807, 2.05) is 24.3 Å². The molecule has 0 saturated carbocycles. The number of hydrogen-bond acceptors (Lipinski definition) is 4. The van der Waals surface area contributed by atoms with Crippen LogP contribution in [0.5, 0.6) is 5.75 Å². The number of amides is 2. The van der Waals surface area contributed by atoms with Crippen LogP contribution in [0, 0.1) is 11.8 Å². The number of rotatable bonds is 7. The van der Waals surface area contributed by atoms with E-state index in [-0.39, 0.29) is 12.8 Å². The lowest BCUT2D eigenvalue weighted by molar-refractivity contribution is -0.137. The van der Waals surface area contributed by atoms with Gasteiger partial charge >= 0.3 is 5.97 Å². The lowest BCUT2D eigenvalue weighted by atomic mass is 10.1. The highest BCUT2D eigenvalue weighted by molar-refractivity contribution is 5.97. The standard InChI is InChI=1S/C21H20N2O5/c1-28-17-4-2-3-15(13-17)6-5-14-7-9-16(10-8-14)21(27)23-18(20(22)26)11-12-19(24)25/h2-4,7-10,13,18H,11-12H2,1H3,(H2,22,26)(H,23,27)(H,24,25)/t18-/m0/s1. The zero-order chi connectivity index (χ0) is 20.5. The topological polar surface area (TPSA) is 119 Å². The average molecular weight is 380 g/mol. The molecule has 1 atom stereocenters. The number of methoxy groups -OCH3 is 1. The molecule has 0 radical (unpaired) electrons. The number of primary amides is 1. The van der Waals surface area contributed by atoms with Crippen molar-refractivity contribution in [1.82, 2.24) is 5.32 Å². The van der Waals surface area contributed by atoms with Gasteiger partial charge in [-0.25, -0.2) is 0 Å². The summed E-state index contributed by atoms with van der Waals surface area (Å²) in [4.78, 5) is 34.3. The van der Waals surface area contributed by atoms with Crippen LogP contribution in [0.2, 0.25) is 0 Å². The summed E-state index contributed by atoms with van der Waals surface area (Å²) in [7, 11) is 1.58. The molecule has 0 unspecified atom stereocenters. The van der Waals surface area contributed by atoms with E-state index < -0.39 is 23.8 Å². The number of carboxylic acid groups (broad SMARTS) is 1. The molecule has 0 fully saturated rings. The molecule has 4 N–H and O–H groups in total. The Kier molecular flexibility index (Phi) is 7.17. The Hall–Kier alpha value is -3.79. The van der Waals surface area contributed by atoms with Crippen LogP contribution in [0.25, 0.3) is 0 Å². The van der Waals surface area contributed by atoms with Gasteiger partial charge in [-0.2, -0.15) is 0 Å². The molecular formula is C21H20N2O5. The monoisotopic (exact) mass is 380 g/mol. The van der Waals surface area contributed by atoms with E-state index >= 15 is 0 Å². The zero-order valence-corrected chi connectivity index (χ0v) is 15.3. The molecule has 7 heteroatoms. The zero-order valence-electron chi connectivity index (χ0n) is 15.3. The number of benzene rings is 2. The predicted octanol–water partition coefficient (Wildman–Crippen LogP) is 1.54. The van der Waals surface area contributed by atoms with E-state index in [1.54, 1.807) is 31.4 Å². The Labute approximate surface area is 162 Å². The quantitative estimate of drug-likeness (QED) is 0.630. The van der Waals surface area contributed by atoms with Crippen molar-refractivity contribution in [1.29, 1.82) is 0 Å². The first-order valence-corrected chi connectivity index (χ1v) is 8.47. The van der Waals surface area contributed by atoms with Crippen molar-refractivity contribution in [2.24, 2.45) is 5.73 Å².